The molecule has 4 heteroatoms. The highest BCUT2D eigenvalue weighted by Crippen LogP contribution is 2.33. The van der Waals surface area contributed by atoms with Crippen LogP contribution >= 0.6 is 31.9 Å². The maximum absolute atomic E-state index is 10.6. The van der Waals surface area contributed by atoms with Crippen molar-refractivity contribution >= 4 is 44.4 Å². The summed E-state index contributed by atoms with van der Waals surface area (Å²) in [5.41, 5.74) is 0.605. The standard InChI is InChI=1S/C8H6Br2O2/c9-7-1-6(4-11)2-8(10,3-7)5-12/h1,3-5H,2H2. The first kappa shape index (κ1) is 9.86. The average Bonchev–Trinajstić information content (AvgIpc) is 2.03. The van der Waals surface area contributed by atoms with E-state index < -0.39 is 4.32 Å². The van der Waals surface area contributed by atoms with E-state index in [9.17, 15) is 9.59 Å². The Morgan fingerprint density at radius 2 is 2.17 bits per heavy atom. The number of carbonyl (C=O) groups is 2. The number of halogens is 2. The second-order valence-corrected chi connectivity index (χ2v) is 4.98. The van der Waals surface area contributed by atoms with Crippen molar-refractivity contribution in [2.24, 2.45) is 0 Å². The van der Waals surface area contributed by atoms with Gasteiger partial charge in [0.05, 0.1) is 0 Å². The predicted molar refractivity (Wildman–Crippen MR) is 53.5 cm³/mol. The Morgan fingerprint density at radius 1 is 1.50 bits per heavy atom. The molecular weight excluding hydrogens is 288 g/mol. The summed E-state index contributed by atoms with van der Waals surface area (Å²) < 4.78 is 0.0384. The Balaban J connectivity index is 2.99. The third kappa shape index (κ3) is 2.14. The lowest BCUT2D eigenvalue weighted by Crippen LogP contribution is -2.23. The van der Waals surface area contributed by atoms with Crippen molar-refractivity contribution in [3.8, 4) is 0 Å². The molecule has 2 nitrogen and oxygen atoms in total. The van der Waals surface area contributed by atoms with Crippen molar-refractivity contribution in [2.75, 3.05) is 0 Å². The van der Waals surface area contributed by atoms with Crippen LogP contribution < -0.4 is 0 Å². The molecule has 0 saturated carbocycles. The molecule has 1 unspecified atom stereocenters. The zero-order valence-electron chi connectivity index (χ0n) is 6.09. The molecule has 1 atom stereocenters. The fourth-order valence-corrected chi connectivity index (χ4v) is 2.59. The first-order valence-electron chi connectivity index (χ1n) is 3.29. The number of carbonyl (C=O) groups excluding carboxylic acids is 2. The zero-order valence-corrected chi connectivity index (χ0v) is 9.26. The quantitative estimate of drug-likeness (QED) is 0.577. The Labute approximate surface area is 87.0 Å². The van der Waals surface area contributed by atoms with E-state index in [2.05, 4.69) is 31.9 Å². The zero-order chi connectivity index (χ0) is 9.19. The lowest BCUT2D eigenvalue weighted by Gasteiger charge is -2.20. The Hall–Kier alpha value is -0.220. The summed E-state index contributed by atoms with van der Waals surface area (Å²) in [6, 6.07) is 0. The van der Waals surface area contributed by atoms with Crippen LogP contribution in [0.4, 0.5) is 0 Å². The van der Waals surface area contributed by atoms with Gasteiger partial charge in [0.25, 0.3) is 0 Å². The molecule has 0 aliphatic heterocycles. The number of alkyl halides is 1. The van der Waals surface area contributed by atoms with E-state index in [1.165, 1.54) is 0 Å². The van der Waals surface area contributed by atoms with Crippen molar-refractivity contribution in [3.05, 3.63) is 22.2 Å². The molecule has 0 radical (unpaired) electrons. The van der Waals surface area contributed by atoms with Gasteiger partial charge in [0.2, 0.25) is 0 Å². The van der Waals surface area contributed by atoms with Crippen LogP contribution in [0.25, 0.3) is 0 Å². The first-order chi connectivity index (χ1) is 5.59. The molecule has 1 aliphatic rings. The Kier molecular flexibility index (Phi) is 3.01. The normalized spacial score (nSPS) is 28.8. The topological polar surface area (TPSA) is 34.1 Å². The first-order valence-corrected chi connectivity index (χ1v) is 4.87. The van der Waals surface area contributed by atoms with Crippen LogP contribution in [-0.2, 0) is 9.59 Å². The lowest BCUT2D eigenvalue weighted by molar-refractivity contribution is -0.108. The molecular formula is C8H6Br2O2. The number of rotatable bonds is 2. The summed E-state index contributed by atoms with van der Waals surface area (Å²) in [5.74, 6) is 0. The highest BCUT2D eigenvalue weighted by Gasteiger charge is 2.27. The molecule has 0 aromatic heterocycles. The molecule has 0 saturated heterocycles. The highest BCUT2D eigenvalue weighted by atomic mass is 79.9. The van der Waals surface area contributed by atoms with Gasteiger partial charge in [0, 0.05) is 10.9 Å². The Bertz CT molecular complexity index is 281. The van der Waals surface area contributed by atoms with Crippen molar-refractivity contribution in [1.82, 2.24) is 0 Å². The number of allylic oxidation sites excluding steroid dienone is 4. The van der Waals surface area contributed by atoms with Crippen LogP contribution in [0.15, 0.2) is 22.2 Å². The van der Waals surface area contributed by atoms with Gasteiger partial charge in [-0.2, -0.15) is 0 Å². The molecule has 64 valence electrons. The van der Waals surface area contributed by atoms with Gasteiger partial charge in [-0.15, -0.1) is 0 Å². The van der Waals surface area contributed by atoms with Gasteiger partial charge >= 0.3 is 0 Å². The van der Waals surface area contributed by atoms with Crippen LogP contribution in [-0.4, -0.2) is 16.9 Å². The molecule has 0 aromatic carbocycles. The van der Waals surface area contributed by atoms with Crippen molar-refractivity contribution < 1.29 is 9.59 Å². The minimum absolute atomic E-state index is 0.412. The van der Waals surface area contributed by atoms with Gasteiger partial charge in [-0.05, 0) is 17.7 Å². The largest absolute Gasteiger partial charge is 0.301 e. The maximum atomic E-state index is 10.6. The van der Waals surface area contributed by atoms with Gasteiger partial charge in [0.1, 0.15) is 16.9 Å². The monoisotopic (exact) mass is 292 g/mol. The van der Waals surface area contributed by atoms with Crippen LogP contribution in [0.5, 0.6) is 0 Å². The fourth-order valence-electron chi connectivity index (χ4n) is 1.01. The minimum Gasteiger partial charge on any atom is -0.301 e. The molecule has 1 aliphatic carbocycles. The number of aldehydes is 2. The van der Waals surface area contributed by atoms with Gasteiger partial charge in [-0.1, -0.05) is 31.9 Å². The van der Waals surface area contributed by atoms with Crippen molar-refractivity contribution in [3.63, 3.8) is 0 Å². The summed E-state index contributed by atoms with van der Waals surface area (Å²) in [6.07, 6.45) is 5.39. The molecule has 0 aromatic rings. The summed E-state index contributed by atoms with van der Waals surface area (Å²) >= 11 is 6.47. The van der Waals surface area contributed by atoms with Crippen LogP contribution in [0, 0.1) is 0 Å². The van der Waals surface area contributed by atoms with Crippen LogP contribution in [0.1, 0.15) is 6.42 Å². The molecule has 0 spiro atoms. The van der Waals surface area contributed by atoms with Crippen LogP contribution in [0.3, 0.4) is 0 Å². The van der Waals surface area contributed by atoms with E-state index in [0.29, 0.717) is 12.0 Å². The predicted octanol–water partition coefficient (Wildman–Crippen LogP) is 2.13. The lowest BCUT2D eigenvalue weighted by atomic mass is 9.96. The van der Waals surface area contributed by atoms with Crippen LogP contribution in [0.2, 0.25) is 0 Å². The van der Waals surface area contributed by atoms with Crippen molar-refractivity contribution in [1.29, 1.82) is 0 Å². The molecule has 0 N–H and O–H groups in total. The third-order valence-electron chi connectivity index (χ3n) is 1.52. The Morgan fingerprint density at radius 3 is 2.67 bits per heavy atom. The van der Waals surface area contributed by atoms with Gasteiger partial charge < -0.3 is 4.79 Å². The highest BCUT2D eigenvalue weighted by molar-refractivity contribution is 9.12. The van der Waals surface area contributed by atoms with Gasteiger partial charge in [-0.25, -0.2) is 0 Å². The molecule has 1 rings (SSSR count). The van der Waals surface area contributed by atoms with E-state index in [0.717, 1.165) is 17.1 Å². The summed E-state index contributed by atoms with van der Waals surface area (Å²) in [6.45, 7) is 0. The second-order valence-electron chi connectivity index (χ2n) is 2.59. The maximum Gasteiger partial charge on any atom is 0.146 e. The smallest absolute Gasteiger partial charge is 0.146 e. The van der Waals surface area contributed by atoms with E-state index in [4.69, 9.17) is 0 Å². The van der Waals surface area contributed by atoms with E-state index >= 15 is 0 Å². The van der Waals surface area contributed by atoms with Gasteiger partial charge in [-0.3, -0.25) is 4.79 Å². The average molecular weight is 294 g/mol. The second kappa shape index (κ2) is 3.66. The number of hydrogen-bond acceptors (Lipinski definition) is 2. The van der Waals surface area contributed by atoms with E-state index in [-0.39, 0.29) is 0 Å². The molecule has 12 heavy (non-hydrogen) atoms. The molecule has 0 fully saturated rings. The third-order valence-corrected chi connectivity index (χ3v) is 2.68. The molecule has 0 heterocycles. The molecule has 0 amide bonds. The van der Waals surface area contributed by atoms with E-state index in [1.54, 1.807) is 12.2 Å². The summed E-state index contributed by atoms with van der Waals surface area (Å²) in [5, 5.41) is 0. The number of hydrogen-bond donors (Lipinski definition) is 0. The minimum atomic E-state index is -0.711. The van der Waals surface area contributed by atoms with Crippen molar-refractivity contribution in [2.45, 2.75) is 10.7 Å². The van der Waals surface area contributed by atoms with Gasteiger partial charge in [0.15, 0.2) is 0 Å². The molecule has 0 bridgehead atoms. The fraction of sp³-hybridized carbons (Fsp3) is 0.250. The summed E-state index contributed by atoms with van der Waals surface area (Å²) in [7, 11) is 0. The SMILES string of the molecule is O=CC1=CC(Br)=CC(Br)(C=O)C1. The summed E-state index contributed by atoms with van der Waals surface area (Å²) in [4.78, 5) is 21.1. The van der Waals surface area contributed by atoms with E-state index in [1.807, 2.05) is 0 Å².